The summed E-state index contributed by atoms with van der Waals surface area (Å²) in [5.74, 6) is 0. The summed E-state index contributed by atoms with van der Waals surface area (Å²) in [6.45, 7) is 0. The second kappa shape index (κ2) is 4.25. The Labute approximate surface area is 64.0 Å². The van der Waals surface area contributed by atoms with Gasteiger partial charge in [0.1, 0.15) is 0 Å². The first-order chi connectivity index (χ1) is 4.93. The molecule has 0 aliphatic rings. The van der Waals surface area contributed by atoms with Gasteiger partial charge in [-0.1, -0.05) is 30.3 Å². The molecule has 0 aromatic heterocycles. The fraction of sp³-hybridized carbons (Fsp3) is 0.250. The highest BCUT2D eigenvalue weighted by Crippen LogP contribution is 1.97. The van der Waals surface area contributed by atoms with E-state index < -0.39 is 0 Å². The summed E-state index contributed by atoms with van der Waals surface area (Å²) in [4.78, 5) is 0. The minimum atomic E-state index is -0.277. The van der Waals surface area contributed by atoms with Crippen LogP contribution in [0.25, 0.3) is 0 Å². The molecule has 0 atom stereocenters. The highest BCUT2D eigenvalue weighted by atomic mass is 28.2. The second-order valence-electron chi connectivity index (χ2n) is 2.23. The van der Waals surface area contributed by atoms with Crippen LogP contribution in [0, 0.1) is 0 Å². The van der Waals surface area contributed by atoms with Gasteiger partial charge in [-0.15, -0.1) is 0 Å². The maximum absolute atomic E-state index is 5.08. The van der Waals surface area contributed by atoms with Crippen LogP contribution < -0.4 is 0 Å². The topological polar surface area (TPSA) is 9.23 Å². The van der Waals surface area contributed by atoms with Crippen LogP contribution in [0.5, 0.6) is 0 Å². The fourth-order valence-corrected chi connectivity index (χ4v) is 1.64. The molecule has 0 N–H and O–H groups in total. The van der Waals surface area contributed by atoms with Gasteiger partial charge in [-0.05, 0) is 11.6 Å². The lowest BCUT2D eigenvalue weighted by molar-refractivity contribution is 0.441. The quantitative estimate of drug-likeness (QED) is 0.585. The molecule has 0 aliphatic carbocycles. The normalized spacial score (nSPS) is 10.9. The zero-order valence-electron chi connectivity index (χ0n) is 6.21. The Kier molecular flexibility index (Phi) is 3.19. The summed E-state index contributed by atoms with van der Waals surface area (Å²) in [6, 6.07) is 11.6. The van der Waals surface area contributed by atoms with Crippen LogP contribution in [0.4, 0.5) is 0 Å². The predicted molar refractivity (Wildman–Crippen MR) is 45.7 cm³/mol. The third kappa shape index (κ3) is 2.33. The largest absolute Gasteiger partial charge is 0.427 e. The molecule has 0 saturated heterocycles. The van der Waals surface area contributed by atoms with E-state index in [2.05, 4.69) is 24.3 Å². The van der Waals surface area contributed by atoms with Crippen LogP contribution in [-0.2, 0) is 10.5 Å². The van der Waals surface area contributed by atoms with Gasteiger partial charge in [0.05, 0.1) is 0 Å². The van der Waals surface area contributed by atoms with Crippen molar-refractivity contribution in [2.45, 2.75) is 6.04 Å². The monoisotopic (exact) mass is 152 g/mol. The molecule has 0 saturated carbocycles. The molecular formula is C8H12OSi. The standard InChI is InChI=1S/C8H12OSi/c1-9-10-7-8-5-3-2-4-6-8/h2-6H,7,10H2,1H3. The number of hydrogen-bond acceptors (Lipinski definition) is 1. The molecule has 1 rings (SSSR count). The van der Waals surface area contributed by atoms with E-state index in [0.29, 0.717) is 0 Å². The molecular weight excluding hydrogens is 140 g/mol. The average Bonchev–Trinajstić information content (AvgIpc) is 2.03. The van der Waals surface area contributed by atoms with Crippen LogP contribution in [-0.4, -0.2) is 16.9 Å². The zero-order valence-corrected chi connectivity index (χ0v) is 7.62. The third-order valence-electron chi connectivity index (χ3n) is 1.44. The van der Waals surface area contributed by atoms with Crippen molar-refractivity contribution >= 4 is 9.76 Å². The van der Waals surface area contributed by atoms with Gasteiger partial charge in [0.25, 0.3) is 0 Å². The second-order valence-corrected chi connectivity index (χ2v) is 3.71. The lowest BCUT2D eigenvalue weighted by Gasteiger charge is -1.96. The molecule has 1 aromatic rings. The molecule has 1 aromatic carbocycles. The number of benzene rings is 1. The minimum absolute atomic E-state index is 0.277. The summed E-state index contributed by atoms with van der Waals surface area (Å²) in [5, 5.41) is 0. The van der Waals surface area contributed by atoms with Crippen molar-refractivity contribution < 1.29 is 4.43 Å². The highest BCUT2D eigenvalue weighted by Gasteiger charge is 1.88. The predicted octanol–water partition coefficient (Wildman–Crippen LogP) is 0.917. The first-order valence-electron chi connectivity index (χ1n) is 3.46. The van der Waals surface area contributed by atoms with Crippen LogP contribution in [0.1, 0.15) is 5.56 Å². The van der Waals surface area contributed by atoms with Crippen molar-refractivity contribution in [3.8, 4) is 0 Å². The molecule has 0 unspecified atom stereocenters. The van der Waals surface area contributed by atoms with Crippen molar-refractivity contribution in [3.63, 3.8) is 0 Å². The molecule has 0 spiro atoms. The van der Waals surface area contributed by atoms with E-state index in [1.54, 1.807) is 7.11 Å². The number of rotatable bonds is 3. The molecule has 0 amide bonds. The molecule has 0 fully saturated rings. The van der Waals surface area contributed by atoms with Gasteiger partial charge in [0, 0.05) is 7.11 Å². The SMILES string of the molecule is CO[SiH2]Cc1ccccc1. The summed E-state index contributed by atoms with van der Waals surface area (Å²) < 4.78 is 5.08. The highest BCUT2D eigenvalue weighted by molar-refractivity contribution is 6.26. The fourth-order valence-electron chi connectivity index (χ4n) is 0.865. The van der Waals surface area contributed by atoms with E-state index in [4.69, 9.17) is 4.43 Å². The molecule has 0 heterocycles. The number of hydrogen-bond donors (Lipinski definition) is 0. The lowest BCUT2D eigenvalue weighted by atomic mass is 10.2. The van der Waals surface area contributed by atoms with Crippen molar-refractivity contribution in [1.82, 2.24) is 0 Å². The molecule has 0 bridgehead atoms. The van der Waals surface area contributed by atoms with Gasteiger partial charge >= 0.3 is 0 Å². The van der Waals surface area contributed by atoms with Crippen LogP contribution >= 0.6 is 0 Å². The smallest absolute Gasteiger partial charge is 0.165 e. The first-order valence-corrected chi connectivity index (χ1v) is 5.04. The van der Waals surface area contributed by atoms with Crippen LogP contribution in [0.3, 0.4) is 0 Å². The lowest BCUT2D eigenvalue weighted by Crippen LogP contribution is -1.98. The Morgan fingerprint density at radius 2 is 2.00 bits per heavy atom. The maximum Gasteiger partial charge on any atom is 0.165 e. The Hall–Kier alpha value is -0.603. The van der Waals surface area contributed by atoms with Gasteiger partial charge in [-0.25, -0.2) is 0 Å². The minimum Gasteiger partial charge on any atom is -0.427 e. The van der Waals surface area contributed by atoms with Gasteiger partial charge in [-0.2, -0.15) is 0 Å². The van der Waals surface area contributed by atoms with E-state index in [-0.39, 0.29) is 9.76 Å². The molecule has 1 nitrogen and oxygen atoms in total. The van der Waals surface area contributed by atoms with Crippen molar-refractivity contribution in [2.75, 3.05) is 7.11 Å². The van der Waals surface area contributed by atoms with Gasteiger partial charge in [0.2, 0.25) is 0 Å². The summed E-state index contributed by atoms with van der Waals surface area (Å²) >= 11 is 0. The van der Waals surface area contributed by atoms with E-state index in [1.165, 1.54) is 5.56 Å². The Balaban J connectivity index is 2.43. The zero-order chi connectivity index (χ0) is 7.23. The summed E-state index contributed by atoms with van der Waals surface area (Å²) in [6.07, 6.45) is 0. The van der Waals surface area contributed by atoms with E-state index in [1.807, 2.05) is 6.07 Å². The Morgan fingerprint density at radius 3 is 2.60 bits per heavy atom. The summed E-state index contributed by atoms with van der Waals surface area (Å²) in [5.41, 5.74) is 1.40. The first kappa shape index (κ1) is 7.50. The van der Waals surface area contributed by atoms with Crippen LogP contribution in [0.15, 0.2) is 30.3 Å². The van der Waals surface area contributed by atoms with Crippen molar-refractivity contribution in [3.05, 3.63) is 35.9 Å². The van der Waals surface area contributed by atoms with Gasteiger partial charge in [0.15, 0.2) is 9.76 Å². The van der Waals surface area contributed by atoms with E-state index in [9.17, 15) is 0 Å². The Bertz CT molecular complexity index is 174. The summed E-state index contributed by atoms with van der Waals surface area (Å²) in [7, 11) is 1.51. The Morgan fingerprint density at radius 1 is 1.30 bits per heavy atom. The van der Waals surface area contributed by atoms with Gasteiger partial charge in [-0.3, -0.25) is 0 Å². The average molecular weight is 152 g/mol. The molecule has 54 valence electrons. The van der Waals surface area contributed by atoms with E-state index in [0.717, 1.165) is 6.04 Å². The van der Waals surface area contributed by atoms with Crippen molar-refractivity contribution in [2.24, 2.45) is 0 Å². The van der Waals surface area contributed by atoms with Crippen molar-refractivity contribution in [1.29, 1.82) is 0 Å². The molecule has 0 aliphatic heterocycles. The van der Waals surface area contributed by atoms with Crippen LogP contribution in [0.2, 0.25) is 0 Å². The maximum atomic E-state index is 5.08. The van der Waals surface area contributed by atoms with Gasteiger partial charge < -0.3 is 4.43 Å². The van der Waals surface area contributed by atoms with E-state index >= 15 is 0 Å². The molecule has 10 heavy (non-hydrogen) atoms. The third-order valence-corrected chi connectivity index (χ3v) is 2.63. The molecule has 0 radical (unpaired) electrons. The molecule has 2 heteroatoms.